The average molecular weight is 244 g/mol. The van der Waals surface area contributed by atoms with Crippen molar-refractivity contribution in [2.24, 2.45) is 0 Å². The molecule has 0 aliphatic carbocycles. The van der Waals surface area contributed by atoms with E-state index in [0.717, 1.165) is 5.56 Å². The van der Waals surface area contributed by atoms with Crippen molar-refractivity contribution in [2.75, 3.05) is 6.61 Å². The predicted octanol–water partition coefficient (Wildman–Crippen LogP) is 2.33. The molecule has 1 aromatic heterocycles. The van der Waals surface area contributed by atoms with Gasteiger partial charge in [0.25, 0.3) is 5.56 Å². The lowest BCUT2D eigenvalue weighted by Gasteiger charge is -2.11. The predicted molar refractivity (Wildman–Crippen MR) is 70.8 cm³/mol. The average Bonchev–Trinajstić information content (AvgIpc) is 2.40. The van der Waals surface area contributed by atoms with Crippen molar-refractivity contribution < 1.29 is 4.74 Å². The summed E-state index contributed by atoms with van der Waals surface area (Å²) in [6, 6.07) is 9.53. The van der Waals surface area contributed by atoms with E-state index < -0.39 is 0 Å². The second-order valence-corrected chi connectivity index (χ2v) is 3.80. The van der Waals surface area contributed by atoms with Crippen LogP contribution in [-0.2, 0) is 6.54 Å². The summed E-state index contributed by atoms with van der Waals surface area (Å²) in [6.07, 6.45) is 1.61. The molecule has 0 amide bonds. The van der Waals surface area contributed by atoms with Crippen molar-refractivity contribution in [3.63, 3.8) is 0 Å². The Hall–Kier alpha value is -2.10. The largest absolute Gasteiger partial charge is 0.491 e. The van der Waals surface area contributed by atoms with Crippen molar-refractivity contribution in [1.82, 2.24) is 9.78 Å². The zero-order valence-electron chi connectivity index (χ0n) is 10.6. The number of hydrogen-bond acceptors (Lipinski definition) is 3. The van der Waals surface area contributed by atoms with Crippen molar-refractivity contribution >= 4 is 0 Å². The summed E-state index contributed by atoms with van der Waals surface area (Å²) in [4.78, 5) is 12.3. The van der Waals surface area contributed by atoms with E-state index in [4.69, 9.17) is 4.74 Å². The van der Waals surface area contributed by atoms with E-state index in [2.05, 4.69) is 5.10 Å². The molecule has 0 spiro atoms. The maximum absolute atomic E-state index is 12.3. The first-order valence-corrected chi connectivity index (χ1v) is 6.06. The van der Waals surface area contributed by atoms with Gasteiger partial charge < -0.3 is 4.74 Å². The third kappa shape index (κ3) is 2.27. The molecule has 0 saturated heterocycles. The van der Waals surface area contributed by atoms with E-state index in [-0.39, 0.29) is 5.56 Å². The molecule has 94 valence electrons. The zero-order chi connectivity index (χ0) is 13.0. The second-order valence-electron chi connectivity index (χ2n) is 3.80. The van der Waals surface area contributed by atoms with Gasteiger partial charge in [-0.1, -0.05) is 30.3 Å². The second kappa shape index (κ2) is 5.49. The Morgan fingerprint density at radius 3 is 2.56 bits per heavy atom. The maximum Gasteiger partial charge on any atom is 0.278 e. The van der Waals surface area contributed by atoms with E-state index in [1.54, 1.807) is 6.20 Å². The van der Waals surface area contributed by atoms with Gasteiger partial charge in [-0.3, -0.25) is 4.79 Å². The van der Waals surface area contributed by atoms with Gasteiger partial charge in [-0.25, -0.2) is 4.68 Å². The van der Waals surface area contributed by atoms with Crippen LogP contribution in [0.4, 0.5) is 0 Å². The lowest BCUT2D eigenvalue weighted by molar-refractivity contribution is 0.337. The van der Waals surface area contributed by atoms with Gasteiger partial charge in [0.2, 0.25) is 0 Å². The standard InChI is InChI=1S/C14H16N2O2/c1-3-16-14(17)13(11-8-6-5-7-9-11)12(10-15-16)18-4-2/h5-10H,3-4H2,1-2H3. The Labute approximate surface area is 106 Å². The highest BCUT2D eigenvalue weighted by Gasteiger charge is 2.13. The van der Waals surface area contributed by atoms with Gasteiger partial charge in [-0.2, -0.15) is 5.10 Å². The van der Waals surface area contributed by atoms with Crippen LogP contribution in [0.15, 0.2) is 41.3 Å². The van der Waals surface area contributed by atoms with Gasteiger partial charge in [-0.05, 0) is 19.4 Å². The van der Waals surface area contributed by atoms with Gasteiger partial charge >= 0.3 is 0 Å². The van der Waals surface area contributed by atoms with E-state index >= 15 is 0 Å². The number of nitrogens with zero attached hydrogens (tertiary/aromatic N) is 2. The summed E-state index contributed by atoms with van der Waals surface area (Å²) >= 11 is 0. The molecule has 0 radical (unpaired) electrons. The fourth-order valence-corrected chi connectivity index (χ4v) is 1.83. The summed E-state index contributed by atoms with van der Waals surface area (Å²) in [5.74, 6) is 0.540. The fraction of sp³-hybridized carbons (Fsp3) is 0.286. The first-order chi connectivity index (χ1) is 8.77. The number of benzene rings is 1. The minimum absolute atomic E-state index is 0.116. The molecule has 0 aliphatic heterocycles. The normalized spacial score (nSPS) is 10.3. The smallest absolute Gasteiger partial charge is 0.278 e. The molecule has 0 bridgehead atoms. The molecule has 0 unspecified atom stereocenters. The zero-order valence-corrected chi connectivity index (χ0v) is 10.6. The third-order valence-corrected chi connectivity index (χ3v) is 2.67. The van der Waals surface area contributed by atoms with Crippen LogP contribution < -0.4 is 10.3 Å². The summed E-state index contributed by atoms with van der Waals surface area (Å²) in [7, 11) is 0. The van der Waals surface area contributed by atoms with Crippen molar-refractivity contribution in [3.05, 3.63) is 46.9 Å². The Bertz CT molecular complexity index is 576. The highest BCUT2D eigenvalue weighted by molar-refractivity contribution is 5.68. The molecule has 0 atom stereocenters. The molecule has 0 fully saturated rings. The Balaban J connectivity index is 2.65. The number of aryl methyl sites for hydroxylation is 1. The van der Waals surface area contributed by atoms with E-state index in [1.807, 2.05) is 44.2 Å². The molecule has 2 aromatic rings. The molecule has 0 saturated carbocycles. The molecule has 0 N–H and O–H groups in total. The van der Waals surface area contributed by atoms with Crippen molar-refractivity contribution in [2.45, 2.75) is 20.4 Å². The van der Waals surface area contributed by atoms with Crippen molar-refractivity contribution in [1.29, 1.82) is 0 Å². The van der Waals surface area contributed by atoms with Gasteiger partial charge in [0.15, 0.2) is 5.75 Å². The highest BCUT2D eigenvalue weighted by atomic mass is 16.5. The van der Waals surface area contributed by atoms with Crippen LogP contribution in [0.1, 0.15) is 13.8 Å². The first kappa shape index (κ1) is 12.4. The van der Waals surface area contributed by atoms with Crippen molar-refractivity contribution in [3.8, 4) is 16.9 Å². The van der Waals surface area contributed by atoms with Crippen LogP contribution in [0.2, 0.25) is 0 Å². The van der Waals surface area contributed by atoms with Crippen LogP contribution in [0.3, 0.4) is 0 Å². The minimum atomic E-state index is -0.116. The number of hydrogen-bond donors (Lipinski definition) is 0. The van der Waals surface area contributed by atoms with Crippen LogP contribution in [0.5, 0.6) is 5.75 Å². The van der Waals surface area contributed by atoms with Gasteiger partial charge in [-0.15, -0.1) is 0 Å². The molecular weight excluding hydrogens is 228 g/mol. The van der Waals surface area contributed by atoms with E-state index in [1.165, 1.54) is 4.68 Å². The molecule has 2 rings (SSSR count). The monoisotopic (exact) mass is 244 g/mol. The minimum Gasteiger partial charge on any atom is -0.491 e. The maximum atomic E-state index is 12.3. The van der Waals surface area contributed by atoms with Gasteiger partial charge in [0.05, 0.1) is 18.4 Å². The van der Waals surface area contributed by atoms with Gasteiger partial charge in [0.1, 0.15) is 0 Å². The molecule has 18 heavy (non-hydrogen) atoms. The van der Waals surface area contributed by atoms with Crippen LogP contribution in [0.25, 0.3) is 11.1 Å². The fourth-order valence-electron chi connectivity index (χ4n) is 1.83. The van der Waals surface area contributed by atoms with Crippen LogP contribution >= 0.6 is 0 Å². The van der Waals surface area contributed by atoms with Crippen LogP contribution in [0, 0.1) is 0 Å². The summed E-state index contributed by atoms with van der Waals surface area (Å²) < 4.78 is 6.93. The molecule has 4 heteroatoms. The highest BCUT2D eigenvalue weighted by Crippen LogP contribution is 2.25. The topological polar surface area (TPSA) is 44.1 Å². The number of rotatable bonds is 4. The Kier molecular flexibility index (Phi) is 3.77. The lowest BCUT2D eigenvalue weighted by Crippen LogP contribution is -2.24. The Morgan fingerprint density at radius 1 is 1.22 bits per heavy atom. The number of aromatic nitrogens is 2. The van der Waals surface area contributed by atoms with Crippen LogP contribution in [-0.4, -0.2) is 16.4 Å². The lowest BCUT2D eigenvalue weighted by atomic mass is 10.1. The van der Waals surface area contributed by atoms with E-state index in [9.17, 15) is 4.79 Å². The molecule has 1 heterocycles. The summed E-state index contributed by atoms with van der Waals surface area (Å²) in [5, 5.41) is 4.08. The SMILES string of the molecule is CCOc1cnn(CC)c(=O)c1-c1ccccc1. The first-order valence-electron chi connectivity index (χ1n) is 6.06. The van der Waals surface area contributed by atoms with E-state index in [0.29, 0.717) is 24.5 Å². The Morgan fingerprint density at radius 2 is 1.94 bits per heavy atom. The van der Waals surface area contributed by atoms with Gasteiger partial charge in [0, 0.05) is 6.54 Å². The summed E-state index contributed by atoms with van der Waals surface area (Å²) in [6.45, 7) is 4.84. The third-order valence-electron chi connectivity index (χ3n) is 2.67. The summed E-state index contributed by atoms with van der Waals surface area (Å²) in [5.41, 5.74) is 1.32. The molecule has 1 aromatic carbocycles. The molecule has 4 nitrogen and oxygen atoms in total. The number of ether oxygens (including phenoxy) is 1. The molecule has 0 aliphatic rings. The quantitative estimate of drug-likeness (QED) is 0.829. The molecular formula is C14H16N2O2.